The van der Waals surface area contributed by atoms with Crippen LogP contribution in [0.4, 0.5) is 5.69 Å². The Morgan fingerprint density at radius 1 is 1.50 bits per heavy atom. The third-order valence-corrected chi connectivity index (χ3v) is 3.87. The van der Waals surface area contributed by atoms with Gasteiger partial charge in [0, 0.05) is 16.9 Å². The van der Waals surface area contributed by atoms with E-state index in [1.807, 2.05) is 30.4 Å². The fourth-order valence-corrected chi connectivity index (χ4v) is 2.71. The third kappa shape index (κ3) is 2.63. The van der Waals surface area contributed by atoms with Gasteiger partial charge in [-0.3, -0.25) is 0 Å². The first-order valence-electron chi connectivity index (χ1n) is 5.41. The maximum absolute atomic E-state index is 9.13. The molecule has 0 atom stereocenters. The zero-order valence-electron chi connectivity index (χ0n) is 10.1. The molecule has 18 heavy (non-hydrogen) atoms. The highest BCUT2D eigenvalue weighted by molar-refractivity contribution is 7.09. The van der Waals surface area contributed by atoms with Gasteiger partial charge in [-0.2, -0.15) is 5.26 Å². The molecule has 0 N–H and O–H groups in total. The monoisotopic (exact) mass is 277 g/mol. The summed E-state index contributed by atoms with van der Waals surface area (Å²) in [7, 11) is 1.96. The van der Waals surface area contributed by atoms with Crippen molar-refractivity contribution < 1.29 is 0 Å². The number of aromatic nitrogens is 1. The summed E-state index contributed by atoms with van der Waals surface area (Å²) in [6.07, 6.45) is 0. The molecular weight excluding hydrogens is 266 g/mol. The van der Waals surface area contributed by atoms with Gasteiger partial charge in [0.25, 0.3) is 0 Å². The second kappa shape index (κ2) is 5.38. The summed E-state index contributed by atoms with van der Waals surface area (Å²) in [5, 5.41) is 9.71. The number of hydrogen-bond acceptors (Lipinski definition) is 4. The van der Waals surface area contributed by atoms with Crippen LogP contribution in [0.2, 0.25) is 5.02 Å². The quantitative estimate of drug-likeness (QED) is 0.860. The van der Waals surface area contributed by atoms with E-state index in [2.05, 4.69) is 11.1 Å². The highest BCUT2D eigenvalue weighted by Gasteiger charge is 2.10. The minimum absolute atomic E-state index is 0.581. The Bertz CT molecular complexity index is 601. The topological polar surface area (TPSA) is 39.9 Å². The summed E-state index contributed by atoms with van der Waals surface area (Å²) >= 11 is 7.52. The molecule has 5 heteroatoms. The molecule has 1 aromatic heterocycles. The van der Waals surface area contributed by atoms with Crippen molar-refractivity contribution in [2.45, 2.75) is 13.5 Å². The number of benzene rings is 1. The number of hydrogen-bond donors (Lipinski definition) is 0. The average molecular weight is 278 g/mol. The lowest BCUT2D eigenvalue weighted by Gasteiger charge is -2.20. The predicted molar refractivity (Wildman–Crippen MR) is 75.1 cm³/mol. The van der Waals surface area contributed by atoms with Gasteiger partial charge in [0.1, 0.15) is 6.07 Å². The molecular formula is C13H12ClN3S. The van der Waals surface area contributed by atoms with Crippen LogP contribution in [0.1, 0.15) is 16.1 Å². The SMILES string of the molecule is Cc1ncsc1CN(C)c1ccc(Cl)cc1C#N. The largest absolute Gasteiger partial charge is 0.368 e. The molecule has 0 amide bonds. The number of nitriles is 1. The number of nitrogens with zero attached hydrogens (tertiary/aromatic N) is 3. The Morgan fingerprint density at radius 3 is 2.89 bits per heavy atom. The molecule has 92 valence electrons. The molecule has 1 heterocycles. The molecule has 0 spiro atoms. The Labute approximate surface area is 115 Å². The van der Waals surface area contributed by atoms with Crippen molar-refractivity contribution in [3.63, 3.8) is 0 Å². The highest BCUT2D eigenvalue weighted by atomic mass is 35.5. The van der Waals surface area contributed by atoms with Crippen molar-refractivity contribution in [2.75, 3.05) is 11.9 Å². The van der Waals surface area contributed by atoms with Crippen LogP contribution in [0, 0.1) is 18.3 Å². The molecule has 0 radical (unpaired) electrons. The molecule has 0 bridgehead atoms. The van der Waals surface area contributed by atoms with Crippen molar-refractivity contribution in [3.8, 4) is 6.07 Å². The predicted octanol–water partition coefficient (Wildman–Crippen LogP) is 3.61. The zero-order valence-corrected chi connectivity index (χ0v) is 11.7. The fraction of sp³-hybridized carbons (Fsp3) is 0.231. The number of aryl methyl sites for hydroxylation is 1. The second-order valence-electron chi connectivity index (χ2n) is 3.99. The molecule has 0 fully saturated rings. The average Bonchev–Trinajstić information content (AvgIpc) is 2.74. The maximum atomic E-state index is 9.13. The van der Waals surface area contributed by atoms with Gasteiger partial charge in [-0.05, 0) is 25.1 Å². The molecule has 0 saturated carbocycles. The molecule has 1 aromatic carbocycles. The normalized spacial score (nSPS) is 10.1. The van der Waals surface area contributed by atoms with Gasteiger partial charge in [0.2, 0.25) is 0 Å². The Hall–Kier alpha value is -1.57. The Morgan fingerprint density at radius 2 is 2.28 bits per heavy atom. The highest BCUT2D eigenvalue weighted by Crippen LogP contribution is 2.25. The summed E-state index contributed by atoms with van der Waals surface area (Å²) < 4.78 is 0. The minimum Gasteiger partial charge on any atom is -0.368 e. The molecule has 0 aliphatic carbocycles. The van der Waals surface area contributed by atoms with Crippen LogP contribution >= 0.6 is 22.9 Å². The third-order valence-electron chi connectivity index (χ3n) is 2.72. The van der Waals surface area contributed by atoms with Gasteiger partial charge < -0.3 is 4.90 Å². The van der Waals surface area contributed by atoms with E-state index in [4.69, 9.17) is 16.9 Å². The fourth-order valence-electron chi connectivity index (χ4n) is 1.71. The second-order valence-corrected chi connectivity index (χ2v) is 5.37. The lowest BCUT2D eigenvalue weighted by atomic mass is 10.2. The zero-order chi connectivity index (χ0) is 13.1. The summed E-state index contributed by atoms with van der Waals surface area (Å²) in [6, 6.07) is 7.53. The summed E-state index contributed by atoms with van der Waals surface area (Å²) in [5.74, 6) is 0. The van der Waals surface area contributed by atoms with E-state index in [-0.39, 0.29) is 0 Å². The van der Waals surface area contributed by atoms with Crippen molar-refractivity contribution in [3.05, 3.63) is 44.9 Å². The van der Waals surface area contributed by atoms with Crippen LogP contribution in [-0.4, -0.2) is 12.0 Å². The van der Waals surface area contributed by atoms with Crippen LogP contribution in [-0.2, 0) is 6.54 Å². The number of rotatable bonds is 3. The molecule has 0 aliphatic heterocycles. The first-order chi connectivity index (χ1) is 8.61. The van der Waals surface area contributed by atoms with Gasteiger partial charge in [-0.1, -0.05) is 11.6 Å². The minimum atomic E-state index is 0.581. The van der Waals surface area contributed by atoms with Gasteiger partial charge in [0.15, 0.2) is 0 Å². The van der Waals surface area contributed by atoms with Crippen molar-refractivity contribution in [1.82, 2.24) is 4.98 Å². The van der Waals surface area contributed by atoms with E-state index >= 15 is 0 Å². The maximum Gasteiger partial charge on any atom is 0.101 e. The molecule has 0 unspecified atom stereocenters. The molecule has 0 saturated heterocycles. The van der Waals surface area contributed by atoms with Gasteiger partial charge in [0.05, 0.1) is 29.0 Å². The van der Waals surface area contributed by atoms with E-state index in [1.165, 1.54) is 4.88 Å². The van der Waals surface area contributed by atoms with Gasteiger partial charge in [-0.25, -0.2) is 4.98 Å². The Kier molecular flexibility index (Phi) is 3.85. The summed E-state index contributed by atoms with van der Waals surface area (Å²) in [6.45, 7) is 2.74. The van der Waals surface area contributed by atoms with Crippen molar-refractivity contribution in [2.24, 2.45) is 0 Å². The molecule has 2 aromatic rings. The first kappa shape index (κ1) is 12.9. The van der Waals surface area contributed by atoms with Crippen LogP contribution in [0.15, 0.2) is 23.7 Å². The van der Waals surface area contributed by atoms with Gasteiger partial charge in [-0.15, -0.1) is 11.3 Å². The smallest absolute Gasteiger partial charge is 0.101 e. The van der Waals surface area contributed by atoms with Crippen LogP contribution in [0.5, 0.6) is 0 Å². The van der Waals surface area contributed by atoms with Crippen LogP contribution < -0.4 is 4.90 Å². The van der Waals surface area contributed by atoms with Crippen molar-refractivity contribution in [1.29, 1.82) is 5.26 Å². The number of anilines is 1. The van der Waals surface area contributed by atoms with Crippen LogP contribution in [0.3, 0.4) is 0 Å². The molecule has 2 rings (SSSR count). The molecule has 0 aliphatic rings. The van der Waals surface area contributed by atoms with Crippen LogP contribution in [0.25, 0.3) is 0 Å². The lowest BCUT2D eigenvalue weighted by molar-refractivity contribution is 0.924. The summed E-state index contributed by atoms with van der Waals surface area (Å²) in [5.41, 5.74) is 4.35. The van der Waals surface area contributed by atoms with E-state index < -0.39 is 0 Å². The van der Waals surface area contributed by atoms with E-state index in [9.17, 15) is 0 Å². The first-order valence-corrected chi connectivity index (χ1v) is 6.67. The lowest BCUT2D eigenvalue weighted by Crippen LogP contribution is -2.17. The van der Waals surface area contributed by atoms with E-state index in [1.54, 1.807) is 23.5 Å². The number of halogens is 1. The Balaban J connectivity index is 2.27. The summed E-state index contributed by atoms with van der Waals surface area (Å²) in [4.78, 5) is 7.47. The van der Waals surface area contributed by atoms with Gasteiger partial charge >= 0.3 is 0 Å². The number of thiazole rings is 1. The van der Waals surface area contributed by atoms with E-state index in [0.29, 0.717) is 10.6 Å². The van der Waals surface area contributed by atoms with Crippen molar-refractivity contribution >= 4 is 28.6 Å². The standard InChI is InChI=1S/C13H12ClN3S/c1-9-13(18-8-16-9)7-17(2)12-4-3-11(14)5-10(12)6-15/h3-5,8H,7H2,1-2H3. The molecule has 3 nitrogen and oxygen atoms in total. The van der Waals surface area contributed by atoms with E-state index in [0.717, 1.165) is 17.9 Å².